The molecule has 130 valence electrons. The summed E-state index contributed by atoms with van der Waals surface area (Å²) < 4.78 is 0. The average molecular weight is 330 g/mol. The van der Waals surface area contributed by atoms with Crippen molar-refractivity contribution in [2.75, 3.05) is 39.3 Å². The van der Waals surface area contributed by atoms with Crippen molar-refractivity contribution in [2.24, 2.45) is 0 Å². The fraction of sp³-hybridized carbons (Fsp3) is 0.556. The molecule has 1 unspecified atom stereocenters. The van der Waals surface area contributed by atoms with Crippen LogP contribution in [0.3, 0.4) is 0 Å². The van der Waals surface area contributed by atoms with Crippen LogP contribution < -0.4 is 10.6 Å². The summed E-state index contributed by atoms with van der Waals surface area (Å²) in [6.45, 7) is 5.11. The molecular formula is C18H26N4O2. The van der Waals surface area contributed by atoms with Gasteiger partial charge in [0.25, 0.3) is 0 Å². The number of nitrogens with one attached hydrogen (secondary N) is 2. The van der Waals surface area contributed by atoms with Crippen LogP contribution in [0.1, 0.15) is 18.4 Å². The maximum Gasteiger partial charge on any atom is 0.242 e. The second-order valence-corrected chi connectivity index (χ2v) is 6.51. The van der Waals surface area contributed by atoms with E-state index in [9.17, 15) is 9.59 Å². The van der Waals surface area contributed by atoms with E-state index in [1.54, 1.807) is 0 Å². The number of carbonyl (C=O) groups is 2. The predicted octanol–water partition coefficient (Wildman–Crippen LogP) is 0.199. The Morgan fingerprint density at radius 2 is 1.88 bits per heavy atom. The number of hydrogen-bond acceptors (Lipinski definition) is 4. The van der Waals surface area contributed by atoms with Crippen LogP contribution in [0.25, 0.3) is 0 Å². The van der Waals surface area contributed by atoms with Gasteiger partial charge in [0.05, 0.1) is 12.6 Å². The Hall–Kier alpha value is -1.92. The van der Waals surface area contributed by atoms with Gasteiger partial charge < -0.3 is 15.5 Å². The first-order chi connectivity index (χ1) is 11.7. The highest BCUT2D eigenvalue weighted by Gasteiger charge is 2.24. The zero-order valence-corrected chi connectivity index (χ0v) is 14.0. The maximum atomic E-state index is 12.3. The molecule has 0 aromatic heterocycles. The highest BCUT2D eigenvalue weighted by atomic mass is 16.2. The number of benzene rings is 1. The van der Waals surface area contributed by atoms with E-state index >= 15 is 0 Å². The number of hydrogen-bond donors (Lipinski definition) is 2. The van der Waals surface area contributed by atoms with Gasteiger partial charge in [-0.2, -0.15) is 0 Å². The summed E-state index contributed by atoms with van der Waals surface area (Å²) in [7, 11) is 0. The number of piperazine rings is 1. The van der Waals surface area contributed by atoms with Crippen LogP contribution in [0, 0.1) is 0 Å². The zero-order valence-electron chi connectivity index (χ0n) is 14.0. The molecule has 1 aromatic rings. The molecule has 2 N–H and O–H groups in total. The van der Waals surface area contributed by atoms with Crippen molar-refractivity contribution in [2.45, 2.75) is 25.4 Å². The Kier molecular flexibility index (Phi) is 5.82. The third kappa shape index (κ3) is 4.55. The Balaban J connectivity index is 1.38. The van der Waals surface area contributed by atoms with Crippen LogP contribution in [-0.4, -0.2) is 66.9 Å². The lowest BCUT2D eigenvalue weighted by molar-refractivity contribution is -0.134. The quantitative estimate of drug-likeness (QED) is 0.809. The van der Waals surface area contributed by atoms with Crippen molar-refractivity contribution in [3.63, 3.8) is 0 Å². The lowest BCUT2D eigenvalue weighted by Gasteiger charge is -2.34. The molecule has 0 saturated carbocycles. The molecule has 6 heteroatoms. The van der Waals surface area contributed by atoms with Gasteiger partial charge in [-0.25, -0.2) is 0 Å². The number of nitrogens with zero attached hydrogens (tertiary/aromatic N) is 2. The molecule has 1 aromatic carbocycles. The molecule has 2 fully saturated rings. The molecule has 6 nitrogen and oxygen atoms in total. The summed E-state index contributed by atoms with van der Waals surface area (Å²) in [5.74, 6) is -0.0377. The van der Waals surface area contributed by atoms with E-state index in [1.165, 1.54) is 5.56 Å². The van der Waals surface area contributed by atoms with Crippen LogP contribution in [0.2, 0.25) is 0 Å². The molecule has 2 aliphatic rings. The van der Waals surface area contributed by atoms with Crippen LogP contribution >= 0.6 is 0 Å². The molecule has 0 spiro atoms. The second kappa shape index (κ2) is 8.26. The smallest absolute Gasteiger partial charge is 0.242 e. The first-order valence-corrected chi connectivity index (χ1v) is 8.77. The first kappa shape index (κ1) is 16.9. The SMILES string of the molecule is O=C(NCC(=O)N1CCN(Cc2ccccc2)CC1)C1CCCN1. The third-order valence-electron chi connectivity index (χ3n) is 4.76. The second-order valence-electron chi connectivity index (χ2n) is 6.51. The minimum atomic E-state index is -0.125. The summed E-state index contributed by atoms with van der Waals surface area (Å²) in [6.07, 6.45) is 1.88. The van der Waals surface area contributed by atoms with Gasteiger partial charge in [-0.15, -0.1) is 0 Å². The largest absolute Gasteiger partial charge is 0.346 e. The number of carbonyl (C=O) groups excluding carboxylic acids is 2. The fourth-order valence-corrected chi connectivity index (χ4v) is 3.30. The van der Waals surface area contributed by atoms with E-state index in [1.807, 2.05) is 11.0 Å². The Labute approximate surface area is 143 Å². The topological polar surface area (TPSA) is 64.7 Å². The van der Waals surface area contributed by atoms with Gasteiger partial charge in [-0.1, -0.05) is 30.3 Å². The lowest BCUT2D eigenvalue weighted by atomic mass is 10.2. The van der Waals surface area contributed by atoms with Crippen molar-refractivity contribution in [1.82, 2.24) is 20.4 Å². The van der Waals surface area contributed by atoms with Crippen LogP contribution in [-0.2, 0) is 16.1 Å². The van der Waals surface area contributed by atoms with Crippen LogP contribution in [0.4, 0.5) is 0 Å². The molecule has 1 atom stereocenters. The molecule has 2 aliphatic heterocycles. The molecule has 0 aliphatic carbocycles. The Bertz CT molecular complexity index is 549. The van der Waals surface area contributed by atoms with Crippen molar-refractivity contribution < 1.29 is 9.59 Å². The van der Waals surface area contributed by atoms with Gasteiger partial charge >= 0.3 is 0 Å². The van der Waals surface area contributed by atoms with Gasteiger partial charge in [0.1, 0.15) is 0 Å². The van der Waals surface area contributed by atoms with Crippen LogP contribution in [0.5, 0.6) is 0 Å². The molecular weight excluding hydrogens is 304 g/mol. The normalized spacial score (nSPS) is 21.7. The molecule has 2 amide bonds. The van der Waals surface area contributed by atoms with Gasteiger partial charge in [0.15, 0.2) is 0 Å². The molecule has 0 radical (unpaired) electrons. The summed E-state index contributed by atoms with van der Waals surface area (Å²) in [5.41, 5.74) is 1.30. The lowest BCUT2D eigenvalue weighted by Crippen LogP contribution is -2.52. The highest BCUT2D eigenvalue weighted by molar-refractivity contribution is 5.87. The molecule has 2 saturated heterocycles. The Morgan fingerprint density at radius 3 is 2.54 bits per heavy atom. The standard InChI is InChI=1S/C18H26N4O2/c23-17(13-20-18(24)16-7-4-8-19-16)22-11-9-21(10-12-22)14-15-5-2-1-3-6-15/h1-3,5-6,16,19H,4,7-14H2,(H,20,24). The molecule has 0 bridgehead atoms. The molecule has 2 heterocycles. The fourth-order valence-electron chi connectivity index (χ4n) is 3.30. The van der Waals surface area contributed by atoms with Gasteiger partial charge in [-0.05, 0) is 24.9 Å². The minimum Gasteiger partial charge on any atom is -0.346 e. The average Bonchev–Trinajstić information content (AvgIpc) is 3.16. The highest BCUT2D eigenvalue weighted by Crippen LogP contribution is 2.09. The summed E-state index contributed by atoms with van der Waals surface area (Å²) >= 11 is 0. The summed E-state index contributed by atoms with van der Waals surface area (Å²) in [4.78, 5) is 28.4. The zero-order chi connectivity index (χ0) is 16.8. The monoisotopic (exact) mass is 330 g/mol. The van der Waals surface area contributed by atoms with E-state index in [0.29, 0.717) is 0 Å². The van der Waals surface area contributed by atoms with Crippen LogP contribution in [0.15, 0.2) is 30.3 Å². The van der Waals surface area contributed by atoms with Gasteiger partial charge in [0, 0.05) is 32.7 Å². The minimum absolute atomic E-state index is 0.0145. The van der Waals surface area contributed by atoms with Gasteiger partial charge in [0.2, 0.25) is 11.8 Å². The van der Waals surface area contributed by atoms with E-state index in [0.717, 1.165) is 52.1 Å². The maximum absolute atomic E-state index is 12.3. The summed E-state index contributed by atoms with van der Waals surface area (Å²) in [5, 5.41) is 5.91. The van der Waals surface area contributed by atoms with E-state index in [2.05, 4.69) is 39.8 Å². The predicted molar refractivity (Wildman–Crippen MR) is 92.3 cm³/mol. The third-order valence-corrected chi connectivity index (χ3v) is 4.76. The Morgan fingerprint density at radius 1 is 1.12 bits per heavy atom. The van der Waals surface area contributed by atoms with Crippen molar-refractivity contribution in [3.05, 3.63) is 35.9 Å². The van der Waals surface area contributed by atoms with E-state index in [4.69, 9.17) is 0 Å². The number of amides is 2. The first-order valence-electron chi connectivity index (χ1n) is 8.77. The van der Waals surface area contributed by atoms with Crippen molar-refractivity contribution >= 4 is 11.8 Å². The summed E-state index contributed by atoms with van der Waals surface area (Å²) in [6, 6.07) is 10.3. The van der Waals surface area contributed by atoms with E-state index in [-0.39, 0.29) is 24.4 Å². The molecule has 3 rings (SSSR count). The van der Waals surface area contributed by atoms with E-state index < -0.39 is 0 Å². The van der Waals surface area contributed by atoms with Crippen molar-refractivity contribution in [3.8, 4) is 0 Å². The molecule has 24 heavy (non-hydrogen) atoms. The van der Waals surface area contributed by atoms with Crippen molar-refractivity contribution in [1.29, 1.82) is 0 Å². The van der Waals surface area contributed by atoms with Gasteiger partial charge in [-0.3, -0.25) is 14.5 Å². The number of rotatable bonds is 5.